The minimum atomic E-state index is -0.412. The topological polar surface area (TPSA) is 65.9 Å². The molecule has 0 spiro atoms. The van der Waals surface area contributed by atoms with Gasteiger partial charge in [-0.05, 0) is 73.9 Å². The number of carbonyl (C=O) groups is 1. The Morgan fingerprint density at radius 3 is 2.35 bits per heavy atom. The first-order valence-electron chi connectivity index (χ1n) is 12.7. The molecule has 0 unspecified atom stereocenters. The van der Waals surface area contributed by atoms with Crippen LogP contribution in [0.1, 0.15) is 56.8 Å². The molecule has 1 atom stereocenters. The Bertz CT molecular complexity index is 929. The maximum atomic E-state index is 12.7. The maximum Gasteiger partial charge on any atom is 0.253 e. The molecular formula is C28H39N3O3. The number of amides is 1. The molecule has 1 aromatic heterocycles. The third-order valence-corrected chi connectivity index (χ3v) is 6.76. The molecule has 1 N–H and O–H groups in total. The summed E-state index contributed by atoms with van der Waals surface area (Å²) < 4.78 is 6.00. The van der Waals surface area contributed by atoms with Gasteiger partial charge in [0.15, 0.2) is 0 Å². The van der Waals surface area contributed by atoms with Crippen LogP contribution in [0, 0.1) is 11.3 Å². The third-order valence-electron chi connectivity index (χ3n) is 6.76. The molecule has 6 heteroatoms. The van der Waals surface area contributed by atoms with Crippen molar-refractivity contribution in [2.45, 2.75) is 52.6 Å². The number of β-amino-alcohol motifs (C(OH)–C–C–N with tert-alkyl or cyclic N) is 1. The van der Waals surface area contributed by atoms with Crippen LogP contribution in [0.5, 0.6) is 5.88 Å². The van der Waals surface area contributed by atoms with Gasteiger partial charge in [0.2, 0.25) is 5.88 Å². The van der Waals surface area contributed by atoms with E-state index >= 15 is 0 Å². The van der Waals surface area contributed by atoms with Crippen LogP contribution in [-0.4, -0.2) is 71.2 Å². The minimum Gasteiger partial charge on any atom is -0.477 e. The summed E-state index contributed by atoms with van der Waals surface area (Å²) in [5, 5.41) is 9.84. The van der Waals surface area contributed by atoms with Gasteiger partial charge in [-0.25, -0.2) is 4.98 Å². The van der Waals surface area contributed by atoms with E-state index in [1.807, 2.05) is 42.6 Å². The van der Waals surface area contributed by atoms with E-state index in [0.29, 0.717) is 35.9 Å². The van der Waals surface area contributed by atoms with Crippen molar-refractivity contribution in [2.24, 2.45) is 11.3 Å². The monoisotopic (exact) mass is 465 g/mol. The number of nitrogens with zero attached hydrogens (tertiary/aromatic N) is 3. The van der Waals surface area contributed by atoms with Gasteiger partial charge in [-0.1, -0.05) is 32.9 Å². The van der Waals surface area contributed by atoms with Gasteiger partial charge in [-0.3, -0.25) is 4.79 Å². The first kappa shape index (κ1) is 24.7. The number of carbonyl (C=O) groups excluding carboxylic acids is 1. The second kappa shape index (κ2) is 10.9. The molecule has 184 valence electrons. The summed E-state index contributed by atoms with van der Waals surface area (Å²) in [6.07, 6.45) is 5.39. The number of likely N-dealkylation sites (tertiary alicyclic amines) is 2. The first-order valence-corrected chi connectivity index (χ1v) is 12.7. The standard InChI is InChI=1S/C28H39N3O3/c1-28(2,3)20-30-15-12-21(13-16-30)19-34-26-11-10-24(17-29-26)22-6-8-23(9-7-22)27(33)31-14-4-5-25(32)18-31/h6-11,17,21,25,32H,4-5,12-16,18-20H2,1-3H3/t25-/m1/s1. The fourth-order valence-electron chi connectivity index (χ4n) is 4.95. The van der Waals surface area contributed by atoms with Crippen LogP contribution < -0.4 is 4.74 Å². The number of benzene rings is 1. The van der Waals surface area contributed by atoms with E-state index in [4.69, 9.17) is 4.74 Å². The Hall–Kier alpha value is -2.44. The molecular weight excluding hydrogens is 426 g/mol. The highest BCUT2D eigenvalue weighted by atomic mass is 16.5. The lowest BCUT2D eigenvalue weighted by Gasteiger charge is -2.35. The van der Waals surface area contributed by atoms with Crippen molar-refractivity contribution < 1.29 is 14.6 Å². The Morgan fingerprint density at radius 2 is 1.74 bits per heavy atom. The zero-order valence-corrected chi connectivity index (χ0v) is 20.9. The highest BCUT2D eigenvalue weighted by Gasteiger charge is 2.24. The molecule has 34 heavy (non-hydrogen) atoms. The summed E-state index contributed by atoms with van der Waals surface area (Å²) >= 11 is 0. The van der Waals surface area contributed by atoms with Crippen LogP contribution in [0.2, 0.25) is 0 Å². The van der Waals surface area contributed by atoms with E-state index in [1.165, 1.54) is 12.8 Å². The summed E-state index contributed by atoms with van der Waals surface area (Å²) in [6.45, 7) is 12.2. The first-order chi connectivity index (χ1) is 16.3. The van der Waals surface area contributed by atoms with Crippen LogP contribution >= 0.6 is 0 Å². The van der Waals surface area contributed by atoms with Crippen molar-refractivity contribution in [1.29, 1.82) is 0 Å². The predicted molar refractivity (Wildman–Crippen MR) is 135 cm³/mol. The fourth-order valence-corrected chi connectivity index (χ4v) is 4.95. The van der Waals surface area contributed by atoms with Gasteiger partial charge in [-0.2, -0.15) is 0 Å². The Morgan fingerprint density at radius 1 is 1.03 bits per heavy atom. The van der Waals surface area contributed by atoms with Crippen LogP contribution in [-0.2, 0) is 0 Å². The smallest absolute Gasteiger partial charge is 0.253 e. The average Bonchev–Trinajstić information content (AvgIpc) is 2.83. The van der Waals surface area contributed by atoms with Crippen molar-refractivity contribution in [3.63, 3.8) is 0 Å². The highest BCUT2D eigenvalue weighted by Crippen LogP contribution is 2.25. The largest absolute Gasteiger partial charge is 0.477 e. The minimum absolute atomic E-state index is 0.0172. The molecule has 6 nitrogen and oxygen atoms in total. The van der Waals surface area contributed by atoms with Gasteiger partial charge in [0.1, 0.15) is 0 Å². The highest BCUT2D eigenvalue weighted by molar-refractivity contribution is 5.94. The van der Waals surface area contributed by atoms with Crippen LogP contribution in [0.4, 0.5) is 0 Å². The summed E-state index contributed by atoms with van der Waals surface area (Å²) in [5.41, 5.74) is 3.01. The van der Waals surface area contributed by atoms with Crippen molar-refractivity contribution in [2.75, 3.05) is 39.3 Å². The van der Waals surface area contributed by atoms with Gasteiger partial charge in [-0.15, -0.1) is 0 Å². The third kappa shape index (κ3) is 6.80. The molecule has 0 saturated carbocycles. The number of hydrogen-bond donors (Lipinski definition) is 1. The number of pyridine rings is 1. The summed E-state index contributed by atoms with van der Waals surface area (Å²) in [6, 6.07) is 11.6. The molecule has 1 amide bonds. The molecule has 1 aromatic carbocycles. The SMILES string of the molecule is CC(C)(C)CN1CCC(COc2ccc(-c3ccc(C(=O)N4CCC[C@@H](O)C4)cc3)cn2)CC1. The van der Waals surface area contributed by atoms with E-state index in [1.54, 1.807) is 4.90 Å². The zero-order chi connectivity index (χ0) is 24.1. The van der Waals surface area contributed by atoms with Crippen molar-refractivity contribution in [3.8, 4) is 17.0 Å². The number of rotatable bonds is 6. The lowest BCUT2D eigenvalue weighted by atomic mass is 9.92. The van der Waals surface area contributed by atoms with Gasteiger partial charge < -0.3 is 19.6 Å². The van der Waals surface area contributed by atoms with E-state index < -0.39 is 6.10 Å². The molecule has 2 saturated heterocycles. The molecule has 0 bridgehead atoms. The van der Waals surface area contributed by atoms with Crippen LogP contribution in [0.15, 0.2) is 42.6 Å². The summed E-state index contributed by atoms with van der Waals surface area (Å²) in [4.78, 5) is 21.5. The molecule has 3 heterocycles. The Kier molecular flexibility index (Phi) is 7.89. The molecule has 2 aliphatic heterocycles. The van der Waals surface area contributed by atoms with Gasteiger partial charge in [0.25, 0.3) is 5.91 Å². The number of piperidine rings is 2. The molecule has 2 aromatic rings. The summed E-state index contributed by atoms with van der Waals surface area (Å²) in [7, 11) is 0. The number of aromatic nitrogens is 1. The number of ether oxygens (including phenoxy) is 1. The normalized spacial score (nSPS) is 20.4. The lowest BCUT2D eigenvalue weighted by Crippen LogP contribution is -2.42. The van der Waals surface area contributed by atoms with Crippen LogP contribution in [0.25, 0.3) is 11.1 Å². The summed E-state index contributed by atoms with van der Waals surface area (Å²) in [5.74, 6) is 1.23. The van der Waals surface area contributed by atoms with Crippen molar-refractivity contribution >= 4 is 5.91 Å². The van der Waals surface area contributed by atoms with Gasteiger partial charge >= 0.3 is 0 Å². The Labute approximate surface area is 203 Å². The molecule has 0 radical (unpaired) electrons. The number of hydrogen-bond acceptors (Lipinski definition) is 5. The zero-order valence-electron chi connectivity index (χ0n) is 20.9. The predicted octanol–water partition coefficient (Wildman–Crippen LogP) is 4.48. The van der Waals surface area contributed by atoms with Gasteiger partial charge in [0.05, 0.1) is 12.7 Å². The maximum absolute atomic E-state index is 12.7. The van der Waals surface area contributed by atoms with Crippen molar-refractivity contribution in [3.05, 3.63) is 48.2 Å². The van der Waals surface area contributed by atoms with Crippen LogP contribution in [0.3, 0.4) is 0 Å². The molecule has 0 aliphatic carbocycles. The molecule has 2 aliphatic rings. The quantitative estimate of drug-likeness (QED) is 0.681. The molecule has 4 rings (SSSR count). The average molecular weight is 466 g/mol. The Balaban J connectivity index is 1.26. The van der Waals surface area contributed by atoms with E-state index in [-0.39, 0.29) is 5.91 Å². The van der Waals surface area contributed by atoms with Gasteiger partial charge in [0, 0.05) is 43.0 Å². The second-order valence-electron chi connectivity index (χ2n) is 11.1. The number of aliphatic hydroxyl groups is 1. The fraction of sp³-hybridized carbons (Fsp3) is 0.571. The van der Waals surface area contributed by atoms with E-state index in [2.05, 4.69) is 30.7 Å². The molecule has 2 fully saturated rings. The lowest BCUT2D eigenvalue weighted by molar-refractivity contribution is 0.0474. The number of aliphatic hydroxyl groups excluding tert-OH is 1. The second-order valence-corrected chi connectivity index (χ2v) is 11.1. The van der Waals surface area contributed by atoms with E-state index in [0.717, 1.165) is 50.2 Å². The van der Waals surface area contributed by atoms with E-state index in [9.17, 15) is 9.90 Å². The van der Waals surface area contributed by atoms with Crippen molar-refractivity contribution in [1.82, 2.24) is 14.8 Å².